The molecule has 5 heteroatoms. The van der Waals surface area contributed by atoms with Gasteiger partial charge in [0.25, 0.3) is 0 Å². The standard InChI is InChI=1S/C13H14Cl2N2S/c1-2-9-3-4-10(18-9)6-12(16)13-11(15)5-8(14)7-17-13/h3-5,7,12H,2,6,16H2,1H3. The molecule has 96 valence electrons. The number of hydrogen-bond donors (Lipinski definition) is 1. The lowest BCUT2D eigenvalue weighted by Gasteiger charge is -2.11. The van der Waals surface area contributed by atoms with E-state index >= 15 is 0 Å². The minimum absolute atomic E-state index is 0.196. The highest BCUT2D eigenvalue weighted by Crippen LogP contribution is 2.27. The molecule has 2 aromatic heterocycles. The maximum atomic E-state index is 6.15. The van der Waals surface area contributed by atoms with Crippen LogP contribution in [0, 0.1) is 0 Å². The van der Waals surface area contributed by atoms with E-state index in [-0.39, 0.29) is 6.04 Å². The van der Waals surface area contributed by atoms with Crippen molar-refractivity contribution < 1.29 is 0 Å². The number of nitrogens with zero attached hydrogens (tertiary/aromatic N) is 1. The van der Waals surface area contributed by atoms with E-state index in [0.717, 1.165) is 12.8 Å². The summed E-state index contributed by atoms with van der Waals surface area (Å²) in [5.41, 5.74) is 6.85. The number of aryl methyl sites for hydroxylation is 1. The second-order valence-electron chi connectivity index (χ2n) is 4.05. The molecule has 0 aliphatic rings. The summed E-state index contributed by atoms with van der Waals surface area (Å²) in [5, 5.41) is 1.06. The van der Waals surface area contributed by atoms with Crippen LogP contribution in [-0.2, 0) is 12.8 Å². The van der Waals surface area contributed by atoms with Gasteiger partial charge in [-0.25, -0.2) is 0 Å². The van der Waals surface area contributed by atoms with Crippen molar-refractivity contribution in [2.45, 2.75) is 25.8 Å². The van der Waals surface area contributed by atoms with Gasteiger partial charge in [-0.05, 0) is 24.6 Å². The molecule has 0 aromatic carbocycles. The molecule has 2 nitrogen and oxygen atoms in total. The molecule has 0 saturated carbocycles. The van der Waals surface area contributed by atoms with Crippen molar-refractivity contribution in [3.05, 3.63) is 49.9 Å². The Morgan fingerprint density at radius 1 is 1.33 bits per heavy atom. The van der Waals surface area contributed by atoms with Crippen molar-refractivity contribution in [3.8, 4) is 0 Å². The summed E-state index contributed by atoms with van der Waals surface area (Å²) in [6, 6.07) is 5.74. The van der Waals surface area contributed by atoms with Crippen molar-refractivity contribution in [3.63, 3.8) is 0 Å². The van der Waals surface area contributed by atoms with Gasteiger partial charge in [-0.15, -0.1) is 11.3 Å². The first-order chi connectivity index (χ1) is 8.60. The summed E-state index contributed by atoms with van der Waals surface area (Å²) in [6.45, 7) is 2.15. The Morgan fingerprint density at radius 3 is 2.67 bits per heavy atom. The second kappa shape index (κ2) is 6.02. The van der Waals surface area contributed by atoms with Crippen LogP contribution in [0.25, 0.3) is 0 Å². The molecule has 1 atom stereocenters. The van der Waals surface area contributed by atoms with Crippen LogP contribution in [0.5, 0.6) is 0 Å². The van der Waals surface area contributed by atoms with Gasteiger partial charge in [0.1, 0.15) is 0 Å². The van der Waals surface area contributed by atoms with E-state index in [2.05, 4.69) is 24.0 Å². The average Bonchev–Trinajstić information content (AvgIpc) is 2.76. The van der Waals surface area contributed by atoms with Crippen molar-refractivity contribution in [1.82, 2.24) is 4.98 Å². The van der Waals surface area contributed by atoms with E-state index in [0.29, 0.717) is 15.7 Å². The molecule has 18 heavy (non-hydrogen) atoms. The van der Waals surface area contributed by atoms with Crippen LogP contribution in [0.1, 0.15) is 28.4 Å². The van der Waals surface area contributed by atoms with Crippen LogP contribution in [0.2, 0.25) is 10.0 Å². The van der Waals surface area contributed by atoms with Gasteiger partial charge < -0.3 is 5.73 Å². The maximum Gasteiger partial charge on any atom is 0.0761 e. The predicted molar refractivity (Wildman–Crippen MR) is 78.6 cm³/mol. The number of thiophene rings is 1. The van der Waals surface area contributed by atoms with Gasteiger partial charge in [0.05, 0.1) is 21.8 Å². The van der Waals surface area contributed by atoms with Gasteiger partial charge in [-0.3, -0.25) is 4.98 Å². The Hall–Kier alpha value is -0.610. The van der Waals surface area contributed by atoms with E-state index in [1.165, 1.54) is 9.75 Å². The molecule has 2 N–H and O–H groups in total. The molecule has 0 aliphatic heterocycles. The Morgan fingerprint density at radius 2 is 2.06 bits per heavy atom. The van der Waals surface area contributed by atoms with Crippen LogP contribution in [-0.4, -0.2) is 4.98 Å². The Kier molecular flexibility index (Phi) is 4.62. The Bertz CT molecular complexity index is 540. The topological polar surface area (TPSA) is 38.9 Å². The fourth-order valence-corrected chi connectivity index (χ4v) is 3.27. The quantitative estimate of drug-likeness (QED) is 0.916. The zero-order valence-corrected chi connectivity index (χ0v) is 12.3. The van der Waals surface area contributed by atoms with E-state index in [9.17, 15) is 0 Å². The molecule has 2 rings (SSSR count). The Balaban J connectivity index is 2.13. The number of hydrogen-bond acceptors (Lipinski definition) is 3. The third kappa shape index (κ3) is 3.23. The number of nitrogens with two attached hydrogens (primary N) is 1. The van der Waals surface area contributed by atoms with Crippen molar-refractivity contribution in [1.29, 1.82) is 0 Å². The summed E-state index contributed by atoms with van der Waals surface area (Å²) in [4.78, 5) is 6.84. The predicted octanol–water partition coefficient (Wildman–Crippen LogP) is 4.25. The van der Waals surface area contributed by atoms with Crippen LogP contribution in [0.3, 0.4) is 0 Å². The summed E-state index contributed by atoms with van der Waals surface area (Å²) in [6.07, 6.45) is 3.38. The lowest BCUT2D eigenvalue weighted by atomic mass is 10.1. The lowest BCUT2D eigenvalue weighted by molar-refractivity contribution is 0.704. The summed E-state index contributed by atoms with van der Waals surface area (Å²) < 4.78 is 0. The average molecular weight is 301 g/mol. The molecule has 0 amide bonds. The van der Waals surface area contributed by atoms with Crippen LogP contribution in [0.15, 0.2) is 24.4 Å². The van der Waals surface area contributed by atoms with Gasteiger partial charge >= 0.3 is 0 Å². The van der Waals surface area contributed by atoms with Gasteiger partial charge in [0.15, 0.2) is 0 Å². The van der Waals surface area contributed by atoms with E-state index in [4.69, 9.17) is 28.9 Å². The molecular weight excluding hydrogens is 287 g/mol. The first kappa shape index (κ1) is 13.8. The third-order valence-corrected chi connectivity index (χ3v) is 4.44. The van der Waals surface area contributed by atoms with Crippen LogP contribution < -0.4 is 5.73 Å². The number of pyridine rings is 1. The summed E-state index contributed by atoms with van der Waals surface area (Å²) in [5.74, 6) is 0. The van der Waals surface area contributed by atoms with Crippen LogP contribution in [0.4, 0.5) is 0 Å². The van der Waals surface area contributed by atoms with Crippen molar-refractivity contribution in [2.24, 2.45) is 5.73 Å². The van der Waals surface area contributed by atoms with Gasteiger partial charge in [0, 0.05) is 22.4 Å². The summed E-state index contributed by atoms with van der Waals surface area (Å²) >= 11 is 13.7. The largest absolute Gasteiger partial charge is 0.322 e. The number of aromatic nitrogens is 1. The zero-order chi connectivity index (χ0) is 13.1. The van der Waals surface area contributed by atoms with E-state index in [1.54, 1.807) is 23.6 Å². The summed E-state index contributed by atoms with van der Waals surface area (Å²) in [7, 11) is 0. The third-order valence-electron chi connectivity index (χ3n) is 2.67. The minimum atomic E-state index is -0.196. The molecule has 0 aliphatic carbocycles. The van der Waals surface area contributed by atoms with Gasteiger partial charge in [-0.2, -0.15) is 0 Å². The number of rotatable bonds is 4. The van der Waals surface area contributed by atoms with Gasteiger partial charge in [-0.1, -0.05) is 30.1 Å². The number of halogens is 2. The fourth-order valence-electron chi connectivity index (χ4n) is 1.73. The second-order valence-corrected chi connectivity index (χ2v) is 6.15. The van der Waals surface area contributed by atoms with E-state index in [1.807, 2.05) is 0 Å². The molecule has 2 aromatic rings. The monoisotopic (exact) mass is 300 g/mol. The Labute approximate surface area is 121 Å². The van der Waals surface area contributed by atoms with E-state index < -0.39 is 0 Å². The highest BCUT2D eigenvalue weighted by molar-refractivity contribution is 7.11. The molecule has 0 fully saturated rings. The van der Waals surface area contributed by atoms with Crippen LogP contribution >= 0.6 is 34.5 Å². The highest BCUT2D eigenvalue weighted by Gasteiger charge is 2.14. The lowest BCUT2D eigenvalue weighted by Crippen LogP contribution is -2.14. The van der Waals surface area contributed by atoms with Gasteiger partial charge in [0.2, 0.25) is 0 Å². The molecule has 0 spiro atoms. The minimum Gasteiger partial charge on any atom is -0.322 e. The molecule has 1 unspecified atom stereocenters. The SMILES string of the molecule is CCc1ccc(CC(N)c2ncc(Cl)cc2Cl)s1. The first-order valence-corrected chi connectivity index (χ1v) is 7.31. The highest BCUT2D eigenvalue weighted by atomic mass is 35.5. The normalized spacial score (nSPS) is 12.7. The molecule has 2 heterocycles. The molecule has 0 bridgehead atoms. The fraction of sp³-hybridized carbons (Fsp3) is 0.308. The molecule has 0 saturated heterocycles. The van der Waals surface area contributed by atoms with Crippen molar-refractivity contribution in [2.75, 3.05) is 0 Å². The molecule has 0 radical (unpaired) electrons. The van der Waals surface area contributed by atoms with Crippen molar-refractivity contribution >= 4 is 34.5 Å². The first-order valence-electron chi connectivity index (χ1n) is 5.74. The zero-order valence-electron chi connectivity index (χ0n) is 9.99. The smallest absolute Gasteiger partial charge is 0.0761 e. The molecular formula is C13H14Cl2N2S. The maximum absolute atomic E-state index is 6.15.